The maximum absolute atomic E-state index is 13.2. The molecule has 2 heterocycles. The molecule has 1 fully saturated rings. The first kappa shape index (κ1) is 26.4. The standard InChI is InChI=1S/C26H32ClN7O3/c1-26(2,3)37-25(36)33-16-7-5-6-15(11-16)32-24(35)18-12-30-23-22(18)34-20(13-31-23)21(28)17-9-8-14(27)10-19(17)29-4/h8-10,12-13,15-16,28-29H,5-7,11H2,1-4H3,(H,30,31)(H,32,35)(H,33,36). The number of alkyl carbamates (subject to hydrolysis) is 1. The van der Waals surface area contributed by atoms with Crippen LogP contribution in [0.5, 0.6) is 0 Å². The van der Waals surface area contributed by atoms with Crippen LogP contribution >= 0.6 is 11.6 Å². The van der Waals surface area contributed by atoms with E-state index in [9.17, 15) is 9.59 Å². The summed E-state index contributed by atoms with van der Waals surface area (Å²) < 4.78 is 5.36. The molecule has 0 bridgehead atoms. The molecule has 4 rings (SSSR count). The number of aromatic amines is 1. The van der Waals surface area contributed by atoms with Gasteiger partial charge in [-0.1, -0.05) is 11.6 Å². The number of hydrogen-bond donors (Lipinski definition) is 5. The van der Waals surface area contributed by atoms with Crippen molar-refractivity contribution >= 4 is 46.2 Å². The minimum atomic E-state index is -0.569. The third kappa shape index (κ3) is 6.37. The average molecular weight is 526 g/mol. The Labute approximate surface area is 220 Å². The molecule has 37 heavy (non-hydrogen) atoms. The number of benzene rings is 1. The van der Waals surface area contributed by atoms with E-state index in [2.05, 4.69) is 30.9 Å². The van der Waals surface area contributed by atoms with Gasteiger partial charge < -0.3 is 25.7 Å². The van der Waals surface area contributed by atoms with Gasteiger partial charge in [0, 0.05) is 41.6 Å². The topological polar surface area (TPSA) is 145 Å². The highest BCUT2D eigenvalue weighted by Gasteiger charge is 2.27. The molecule has 1 aromatic carbocycles. The number of aromatic nitrogens is 3. The summed E-state index contributed by atoms with van der Waals surface area (Å²) in [4.78, 5) is 37.3. The maximum atomic E-state index is 13.2. The predicted molar refractivity (Wildman–Crippen MR) is 144 cm³/mol. The van der Waals surface area contributed by atoms with Gasteiger partial charge in [-0.3, -0.25) is 10.2 Å². The van der Waals surface area contributed by atoms with Gasteiger partial charge in [-0.25, -0.2) is 14.8 Å². The van der Waals surface area contributed by atoms with E-state index in [1.54, 1.807) is 31.4 Å². The van der Waals surface area contributed by atoms with Crippen molar-refractivity contribution in [3.05, 3.63) is 52.4 Å². The molecule has 5 N–H and O–H groups in total. The molecule has 2 unspecified atom stereocenters. The Bertz CT molecular complexity index is 1330. The number of hydrogen-bond acceptors (Lipinski definition) is 7. The quantitative estimate of drug-likeness (QED) is 0.296. The number of anilines is 1. The second-order valence-corrected chi connectivity index (χ2v) is 10.6. The van der Waals surface area contributed by atoms with Crippen LogP contribution in [0.3, 0.4) is 0 Å². The lowest BCUT2D eigenvalue weighted by Crippen LogP contribution is -2.46. The molecule has 0 radical (unpaired) electrons. The number of nitrogens with zero attached hydrogens (tertiary/aromatic N) is 2. The number of rotatable bonds is 6. The van der Waals surface area contributed by atoms with E-state index in [-0.39, 0.29) is 23.7 Å². The van der Waals surface area contributed by atoms with Crippen LogP contribution < -0.4 is 16.0 Å². The molecule has 3 aromatic rings. The molecule has 2 aromatic heterocycles. The molecule has 10 nitrogen and oxygen atoms in total. The molecule has 0 saturated heterocycles. The molecule has 11 heteroatoms. The van der Waals surface area contributed by atoms with Crippen LogP contribution in [0.1, 0.15) is 68.1 Å². The smallest absolute Gasteiger partial charge is 0.407 e. The number of amides is 2. The normalized spacial score (nSPS) is 17.8. The van der Waals surface area contributed by atoms with Crippen LogP contribution in [0.15, 0.2) is 30.6 Å². The summed E-state index contributed by atoms with van der Waals surface area (Å²) in [5.41, 5.74) is 2.43. The number of nitrogens with one attached hydrogen (secondary N) is 5. The van der Waals surface area contributed by atoms with Crippen molar-refractivity contribution in [2.75, 3.05) is 12.4 Å². The van der Waals surface area contributed by atoms with Crippen molar-refractivity contribution in [1.29, 1.82) is 5.41 Å². The molecular formula is C26H32ClN7O3. The zero-order chi connectivity index (χ0) is 26.7. The van der Waals surface area contributed by atoms with Crippen molar-refractivity contribution in [1.82, 2.24) is 25.6 Å². The lowest BCUT2D eigenvalue weighted by Gasteiger charge is -2.31. The van der Waals surface area contributed by atoms with Gasteiger partial charge >= 0.3 is 6.09 Å². The monoisotopic (exact) mass is 525 g/mol. The van der Waals surface area contributed by atoms with Crippen LogP contribution in [0.25, 0.3) is 11.2 Å². The van der Waals surface area contributed by atoms with E-state index in [1.165, 1.54) is 6.20 Å². The molecule has 1 saturated carbocycles. The summed E-state index contributed by atoms with van der Waals surface area (Å²) in [6.45, 7) is 5.47. The molecule has 1 aliphatic carbocycles. The minimum Gasteiger partial charge on any atom is -0.444 e. The first-order chi connectivity index (χ1) is 17.5. The summed E-state index contributed by atoms with van der Waals surface area (Å²) in [6.07, 6.45) is 5.75. The number of fused-ring (bicyclic) bond motifs is 1. The lowest BCUT2D eigenvalue weighted by molar-refractivity contribution is 0.0489. The van der Waals surface area contributed by atoms with Gasteiger partial charge in [0.05, 0.1) is 17.5 Å². The highest BCUT2D eigenvalue weighted by Crippen LogP contribution is 2.24. The Morgan fingerprint density at radius 3 is 2.59 bits per heavy atom. The van der Waals surface area contributed by atoms with Crippen molar-refractivity contribution < 1.29 is 14.3 Å². The summed E-state index contributed by atoms with van der Waals surface area (Å²) in [7, 11) is 1.75. The van der Waals surface area contributed by atoms with Gasteiger partial charge in [-0.05, 0) is 64.7 Å². The van der Waals surface area contributed by atoms with E-state index in [0.717, 1.165) is 19.3 Å². The van der Waals surface area contributed by atoms with Crippen LogP contribution in [-0.2, 0) is 4.74 Å². The van der Waals surface area contributed by atoms with Crippen molar-refractivity contribution in [2.45, 2.75) is 64.1 Å². The SMILES string of the molecule is CNc1cc(Cl)ccc1C(=N)c1cnc2[nH]cc(C(=O)NC3CCCC(NC(=O)OC(C)(C)C)C3)c2n1. The zero-order valence-corrected chi connectivity index (χ0v) is 22.1. The van der Waals surface area contributed by atoms with E-state index >= 15 is 0 Å². The van der Waals surface area contributed by atoms with Crippen LogP contribution in [-0.4, -0.2) is 57.4 Å². The molecule has 0 aliphatic heterocycles. The third-order valence-electron chi connectivity index (χ3n) is 6.13. The Morgan fingerprint density at radius 1 is 1.16 bits per heavy atom. The Kier molecular flexibility index (Phi) is 7.68. The van der Waals surface area contributed by atoms with E-state index < -0.39 is 11.7 Å². The fraction of sp³-hybridized carbons (Fsp3) is 0.423. The number of carbonyl (C=O) groups is 2. The molecule has 0 spiro atoms. The number of halogens is 1. The molecule has 196 valence electrons. The van der Waals surface area contributed by atoms with Gasteiger partial charge in [-0.15, -0.1) is 0 Å². The fourth-order valence-electron chi connectivity index (χ4n) is 4.45. The van der Waals surface area contributed by atoms with Gasteiger partial charge in [-0.2, -0.15) is 0 Å². The van der Waals surface area contributed by atoms with Crippen molar-refractivity contribution in [3.63, 3.8) is 0 Å². The first-order valence-corrected chi connectivity index (χ1v) is 12.6. The van der Waals surface area contributed by atoms with Gasteiger partial charge in [0.2, 0.25) is 0 Å². The molecule has 1 aliphatic rings. The van der Waals surface area contributed by atoms with Gasteiger partial charge in [0.15, 0.2) is 5.65 Å². The first-order valence-electron chi connectivity index (χ1n) is 12.2. The lowest BCUT2D eigenvalue weighted by atomic mass is 9.91. The zero-order valence-electron chi connectivity index (χ0n) is 21.4. The van der Waals surface area contributed by atoms with Crippen molar-refractivity contribution in [2.24, 2.45) is 0 Å². The number of carbonyl (C=O) groups excluding carboxylic acids is 2. The largest absolute Gasteiger partial charge is 0.444 e. The summed E-state index contributed by atoms with van der Waals surface area (Å²) in [5.74, 6) is -0.283. The predicted octanol–water partition coefficient (Wildman–Crippen LogP) is 4.63. The highest BCUT2D eigenvalue weighted by atomic mass is 35.5. The molecular weight excluding hydrogens is 494 g/mol. The van der Waals surface area contributed by atoms with Crippen LogP contribution in [0.4, 0.5) is 10.5 Å². The van der Waals surface area contributed by atoms with Crippen LogP contribution in [0, 0.1) is 5.41 Å². The molecule has 2 amide bonds. The second-order valence-electron chi connectivity index (χ2n) is 10.1. The summed E-state index contributed by atoms with van der Waals surface area (Å²) >= 11 is 6.09. The van der Waals surface area contributed by atoms with Gasteiger partial charge in [0.25, 0.3) is 5.91 Å². The molecule has 2 atom stereocenters. The van der Waals surface area contributed by atoms with E-state index in [0.29, 0.717) is 45.1 Å². The van der Waals surface area contributed by atoms with Gasteiger partial charge in [0.1, 0.15) is 16.8 Å². The second kappa shape index (κ2) is 10.8. The van der Waals surface area contributed by atoms with Crippen molar-refractivity contribution in [3.8, 4) is 0 Å². The summed E-state index contributed by atoms with van der Waals surface area (Å²) in [5, 5.41) is 18.3. The Balaban J connectivity index is 1.48. The fourth-order valence-corrected chi connectivity index (χ4v) is 4.63. The summed E-state index contributed by atoms with van der Waals surface area (Å²) in [6, 6.07) is 5.01. The maximum Gasteiger partial charge on any atom is 0.407 e. The number of ether oxygens (including phenoxy) is 1. The highest BCUT2D eigenvalue weighted by molar-refractivity contribution is 6.31. The minimum absolute atomic E-state index is 0.0792. The van der Waals surface area contributed by atoms with Crippen LogP contribution in [0.2, 0.25) is 5.02 Å². The average Bonchev–Trinajstić information content (AvgIpc) is 3.26. The Hall–Kier alpha value is -3.66. The third-order valence-corrected chi connectivity index (χ3v) is 6.37. The Morgan fingerprint density at radius 2 is 1.89 bits per heavy atom. The number of H-pyrrole nitrogens is 1. The van der Waals surface area contributed by atoms with E-state index in [1.807, 2.05) is 20.8 Å². The van der Waals surface area contributed by atoms with E-state index in [4.69, 9.17) is 21.7 Å².